The Bertz CT molecular complexity index is 483. The molecule has 0 spiro atoms. The van der Waals surface area contributed by atoms with E-state index in [2.05, 4.69) is 5.32 Å². The number of benzene rings is 1. The van der Waals surface area contributed by atoms with Gasteiger partial charge in [0.15, 0.2) is 5.78 Å². The van der Waals surface area contributed by atoms with Crippen molar-refractivity contribution in [1.29, 1.82) is 0 Å². The van der Waals surface area contributed by atoms with Crippen molar-refractivity contribution in [2.24, 2.45) is 5.92 Å². The summed E-state index contributed by atoms with van der Waals surface area (Å²) < 4.78 is 5.10. The average molecular weight is 268 g/mol. The molecule has 1 aromatic rings. The third kappa shape index (κ3) is 2.82. The standard InChI is InChI=1S/C13H14ClNO3/c1-18-12-5-4-9(6-10(12)11(16)7-14)15-13(17)8-2-3-8/h4-6,8H,2-3,7H2,1H3,(H,15,17). The number of hydrogen-bond donors (Lipinski definition) is 1. The highest BCUT2D eigenvalue weighted by atomic mass is 35.5. The summed E-state index contributed by atoms with van der Waals surface area (Å²) in [5.41, 5.74) is 0.988. The molecule has 96 valence electrons. The SMILES string of the molecule is COc1ccc(NC(=O)C2CC2)cc1C(=O)CCl. The van der Waals surface area contributed by atoms with Gasteiger partial charge >= 0.3 is 0 Å². The Morgan fingerprint density at radius 3 is 2.72 bits per heavy atom. The van der Waals surface area contributed by atoms with Crippen LogP contribution < -0.4 is 10.1 Å². The summed E-state index contributed by atoms with van der Waals surface area (Å²) in [5.74, 6) is 0.251. The molecule has 1 amide bonds. The Hall–Kier alpha value is -1.55. The van der Waals surface area contributed by atoms with Gasteiger partial charge in [-0.1, -0.05) is 0 Å². The van der Waals surface area contributed by atoms with E-state index in [-0.39, 0.29) is 23.5 Å². The van der Waals surface area contributed by atoms with Crippen LogP contribution in [-0.4, -0.2) is 24.7 Å². The third-order valence-corrected chi connectivity index (χ3v) is 3.08. The normalized spacial score (nSPS) is 14.1. The van der Waals surface area contributed by atoms with E-state index in [0.29, 0.717) is 17.0 Å². The van der Waals surface area contributed by atoms with E-state index in [9.17, 15) is 9.59 Å². The lowest BCUT2D eigenvalue weighted by molar-refractivity contribution is -0.117. The number of amides is 1. The number of methoxy groups -OCH3 is 1. The third-order valence-electron chi connectivity index (χ3n) is 2.84. The molecule has 0 atom stereocenters. The Balaban J connectivity index is 2.21. The number of ether oxygens (including phenoxy) is 1. The van der Waals surface area contributed by atoms with Crippen molar-refractivity contribution in [2.75, 3.05) is 18.3 Å². The van der Waals surface area contributed by atoms with Gasteiger partial charge in [0.05, 0.1) is 18.6 Å². The molecule has 0 saturated heterocycles. The molecular formula is C13H14ClNO3. The smallest absolute Gasteiger partial charge is 0.227 e. The minimum Gasteiger partial charge on any atom is -0.496 e. The monoisotopic (exact) mass is 267 g/mol. The number of ketones is 1. The van der Waals surface area contributed by atoms with Crippen LogP contribution in [0.5, 0.6) is 5.75 Å². The maximum atomic E-state index is 11.7. The Morgan fingerprint density at radius 1 is 1.44 bits per heavy atom. The van der Waals surface area contributed by atoms with Crippen LogP contribution in [0.3, 0.4) is 0 Å². The van der Waals surface area contributed by atoms with Crippen LogP contribution >= 0.6 is 11.6 Å². The molecule has 2 rings (SSSR count). The molecule has 0 radical (unpaired) electrons. The second-order valence-electron chi connectivity index (χ2n) is 4.24. The summed E-state index contributed by atoms with van der Waals surface area (Å²) in [4.78, 5) is 23.3. The van der Waals surface area contributed by atoms with E-state index < -0.39 is 0 Å². The number of alkyl halides is 1. The van der Waals surface area contributed by atoms with Crippen LogP contribution in [-0.2, 0) is 4.79 Å². The van der Waals surface area contributed by atoms with Crippen molar-refractivity contribution in [2.45, 2.75) is 12.8 Å². The maximum Gasteiger partial charge on any atom is 0.227 e. The van der Waals surface area contributed by atoms with Gasteiger partial charge in [0.2, 0.25) is 5.91 Å². The predicted molar refractivity (Wildman–Crippen MR) is 69.4 cm³/mol. The van der Waals surface area contributed by atoms with Crippen LogP contribution in [0.2, 0.25) is 0 Å². The fourth-order valence-electron chi connectivity index (χ4n) is 1.67. The lowest BCUT2D eigenvalue weighted by Gasteiger charge is -2.10. The minimum absolute atomic E-state index is 0.00411. The van der Waals surface area contributed by atoms with Crippen molar-refractivity contribution in [3.63, 3.8) is 0 Å². The van der Waals surface area contributed by atoms with Crippen LogP contribution in [0.25, 0.3) is 0 Å². The number of carbonyl (C=O) groups excluding carboxylic acids is 2. The number of anilines is 1. The molecule has 1 aliphatic carbocycles. The van der Waals surface area contributed by atoms with Gasteiger partial charge in [-0.3, -0.25) is 9.59 Å². The molecule has 1 aliphatic rings. The summed E-state index contributed by atoms with van der Waals surface area (Å²) in [6.07, 6.45) is 1.88. The molecule has 1 saturated carbocycles. The van der Waals surface area contributed by atoms with Gasteiger partial charge in [-0.15, -0.1) is 11.6 Å². The first-order valence-corrected chi connectivity index (χ1v) is 6.27. The lowest BCUT2D eigenvalue weighted by Crippen LogP contribution is -2.14. The summed E-state index contributed by atoms with van der Waals surface area (Å²) in [7, 11) is 1.49. The zero-order valence-electron chi connectivity index (χ0n) is 10.0. The van der Waals surface area contributed by atoms with Gasteiger partial charge in [0, 0.05) is 11.6 Å². The summed E-state index contributed by atoms with van der Waals surface area (Å²) in [6, 6.07) is 4.97. The van der Waals surface area contributed by atoms with Crippen LogP contribution in [0.15, 0.2) is 18.2 Å². The highest BCUT2D eigenvalue weighted by molar-refractivity contribution is 6.30. The highest BCUT2D eigenvalue weighted by Gasteiger charge is 2.29. The highest BCUT2D eigenvalue weighted by Crippen LogP contribution is 2.31. The van der Waals surface area contributed by atoms with E-state index in [1.54, 1.807) is 18.2 Å². The number of carbonyl (C=O) groups is 2. The summed E-state index contributed by atoms with van der Waals surface area (Å²) in [6.45, 7) is 0. The van der Waals surface area contributed by atoms with E-state index >= 15 is 0 Å². The first-order chi connectivity index (χ1) is 8.65. The molecular weight excluding hydrogens is 254 g/mol. The summed E-state index contributed by atoms with van der Waals surface area (Å²) in [5, 5.41) is 2.78. The van der Waals surface area contributed by atoms with Crippen LogP contribution in [0.1, 0.15) is 23.2 Å². The fourth-order valence-corrected chi connectivity index (χ4v) is 1.81. The van der Waals surface area contributed by atoms with Crippen molar-refractivity contribution in [3.05, 3.63) is 23.8 Å². The topological polar surface area (TPSA) is 55.4 Å². The molecule has 5 heteroatoms. The lowest BCUT2D eigenvalue weighted by atomic mass is 10.1. The largest absolute Gasteiger partial charge is 0.496 e. The van der Waals surface area contributed by atoms with Crippen molar-refractivity contribution in [1.82, 2.24) is 0 Å². The maximum absolute atomic E-state index is 11.7. The molecule has 0 heterocycles. The van der Waals surface area contributed by atoms with Gasteiger partial charge < -0.3 is 10.1 Å². The average Bonchev–Trinajstić information content (AvgIpc) is 3.22. The molecule has 1 N–H and O–H groups in total. The molecule has 0 bridgehead atoms. The van der Waals surface area contributed by atoms with E-state index in [0.717, 1.165) is 12.8 Å². The van der Waals surface area contributed by atoms with Crippen LogP contribution in [0.4, 0.5) is 5.69 Å². The van der Waals surface area contributed by atoms with Crippen molar-refractivity contribution >= 4 is 29.0 Å². The fraction of sp³-hybridized carbons (Fsp3) is 0.385. The molecule has 0 aromatic heterocycles. The van der Waals surface area contributed by atoms with Gasteiger partial charge in [0.25, 0.3) is 0 Å². The Morgan fingerprint density at radius 2 is 2.17 bits per heavy atom. The minimum atomic E-state index is -0.226. The summed E-state index contributed by atoms with van der Waals surface area (Å²) >= 11 is 5.54. The van der Waals surface area contributed by atoms with Crippen molar-refractivity contribution in [3.8, 4) is 5.75 Å². The number of hydrogen-bond acceptors (Lipinski definition) is 3. The zero-order chi connectivity index (χ0) is 13.1. The van der Waals surface area contributed by atoms with Gasteiger partial charge in [-0.2, -0.15) is 0 Å². The number of Topliss-reactive ketones (excluding diaryl/α,β-unsaturated/α-hetero) is 1. The van der Waals surface area contributed by atoms with E-state index in [4.69, 9.17) is 16.3 Å². The predicted octanol–water partition coefficient (Wildman–Crippen LogP) is 2.47. The Kier molecular flexibility index (Phi) is 3.87. The first kappa shape index (κ1) is 12.9. The Labute approximate surface area is 110 Å². The zero-order valence-corrected chi connectivity index (χ0v) is 10.8. The van der Waals surface area contributed by atoms with Gasteiger partial charge in [0.1, 0.15) is 5.75 Å². The quantitative estimate of drug-likeness (QED) is 0.659. The molecule has 1 aromatic carbocycles. The van der Waals surface area contributed by atoms with Crippen molar-refractivity contribution < 1.29 is 14.3 Å². The number of rotatable bonds is 5. The molecule has 1 fully saturated rings. The van der Waals surface area contributed by atoms with E-state index in [1.807, 2.05) is 0 Å². The van der Waals surface area contributed by atoms with Crippen LogP contribution in [0, 0.1) is 5.92 Å². The molecule has 0 aliphatic heterocycles. The first-order valence-electron chi connectivity index (χ1n) is 5.73. The van der Waals surface area contributed by atoms with Gasteiger partial charge in [-0.05, 0) is 31.0 Å². The molecule has 4 nitrogen and oxygen atoms in total. The van der Waals surface area contributed by atoms with Gasteiger partial charge in [-0.25, -0.2) is 0 Å². The molecule has 0 unspecified atom stereocenters. The number of nitrogens with one attached hydrogen (secondary N) is 1. The second-order valence-corrected chi connectivity index (χ2v) is 4.50. The second kappa shape index (κ2) is 5.40. The number of halogens is 1. The molecule has 18 heavy (non-hydrogen) atoms. The van der Waals surface area contributed by atoms with E-state index in [1.165, 1.54) is 7.11 Å².